The molecule has 0 saturated heterocycles. The molecule has 0 heterocycles. The van der Waals surface area contributed by atoms with Crippen LogP contribution in [0.4, 0.5) is 0 Å². The molecule has 0 aromatic heterocycles. The third-order valence-electron chi connectivity index (χ3n) is 3.53. The van der Waals surface area contributed by atoms with Gasteiger partial charge in [0.2, 0.25) is 0 Å². The summed E-state index contributed by atoms with van der Waals surface area (Å²) in [5, 5.41) is 0. The molecule has 0 aliphatic heterocycles. The molecule has 0 amide bonds. The lowest BCUT2D eigenvalue weighted by atomic mass is 9.89. The van der Waals surface area contributed by atoms with Crippen LogP contribution in [0.2, 0.25) is 0 Å². The van der Waals surface area contributed by atoms with Crippen molar-refractivity contribution < 1.29 is 4.79 Å². The molecule has 82 valence electrons. The smallest absolute Gasteiger partial charge is 0.142 e. The summed E-state index contributed by atoms with van der Waals surface area (Å²) < 4.78 is 0. The zero-order chi connectivity index (χ0) is 10.8. The van der Waals surface area contributed by atoms with E-state index in [0.717, 1.165) is 32.5 Å². The van der Waals surface area contributed by atoms with E-state index in [1.54, 1.807) is 0 Å². The van der Waals surface area contributed by atoms with E-state index in [-0.39, 0.29) is 5.41 Å². The lowest BCUT2D eigenvalue weighted by Crippen LogP contribution is -2.33. The average molecular weight is 197 g/mol. The van der Waals surface area contributed by atoms with Crippen LogP contribution in [-0.2, 0) is 4.79 Å². The molecule has 1 unspecified atom stereocenters. The van der Waals surface area contributed by atoms with Crippen LogP contribution in [0.1, 0.15) is 40.5 Å². The van der Waals surface area contributed by atoms with Gasteiger partial charge in [-0.15, -0.1) is 0 Å². The normalized spacial score (nSPS) is 26.1. The Kier molecular flexibility index (Phi) is 3.71. The molecule has 1 aliphatic carbocycles. The molecule has 14 heavy (non-hydrogen) atoms. The van der Waals surface area contributed by atoms with Crippen LogP contribution in [0.5, 0.6) is 0 Å². The van der Waals surface area contributed by atoms with Crippen molar-refractivity contribution in [3.05, 3.63) is 0 Å². The molecule has 0 spiro atoms. The Balaban J connectivity index is 2.52. The summed E-state index contributed by atoms with van der Waals surface area (Å²) in [4.78, 5) is 14.3. The van der Waals surface area contributed by atoms with Gasteiger partial charge in [0, 0.05) is 17.9 Å². The van der Waals surface area contributed by atoms with Crippen LogP contribution in [0.15, 0.2) is 0 Å². The lowest BCUT2D eigenvalue weighted by Gasteiger charge is -2.22. The Morgan fingerprint density at radius 2 is 1.93 bits per heavy atom. The number of carbonyl (C=O) groups excluding carboxylic acids is 1. The molecule has 1 aliphatic rings. The highest BCUT2D eigenvalue weighted by atomic mass is 16.1. The van der Waals surface area contributed by atoms with E-state index >= 15 is 0 Å². The highest BCUT2D eigenvalue weighted by Gasteiger charge is 2.40. The first-order chi connectivity index (χ1) is 6.51. The van der Waals surface area contributed by atoms with E-state index in [2.05, 4.69) is 32.6 Å². The minimum atomic E-state index is -0.0577. The second kappa shape index (κ2) is 4.43. The fraction of sp³-hybridized carbons (Fsp3) is 0.917. The predicted octanol–water partition coefficient (Wildman–Crippen LogP) is 2.33. The Morgan fingerprint density at radius 3 is 2.29 bits per heavy atom. The average Bonchev–Trinajstić information content (AvgIpc) is 2.40. The Hall–Kier alpha value is -0.370. The van der Waals surface area contributed by atoms with Crippen LogP contribution >= 0.6 is 0 Å². The lowest BCUT2D eigenvalue weighted by molar-refractivity contribution is -0.127. The standard InChI is InChI=1S/C12H23NO/c1-5-13(6-2)9-10-7-8-12(3,4)11(10)14/h10H,5-9H2,1-4H3. The summed E-state index contributed by atoms with van der Waals surface area (Å²) in [6.45, 7) is 11.6. The molecule has 0 aromatic carbocycles. The van der Waals surface area contributed by atoms with Crippen molar-refractivity contribution in [3.63, 3.8) is 0 Å². The maximum Gasteiger partial charge on any atom is 0.142 e. The first-order valence-electron chi connectivity index (χ1n) is 5.78. The number of Topliss-reactive ketones (excluding diaryl/α,β-unsaturated/α-hetero) is 1. The van der Waals surface area contributed by atoms with Crippen LogP contribution in [0.3, 0.4) is 0 Å². The molecule has 2 heteroatoms. The highest BCUT2D eigenvalue weighted by Crippen LogP contribution is 2.37. The summed E-state index contributed by atoms with van der Waals surface area (Å²) >= 11 is 0. The van der Waals surface area contributed by atoms with Gasteiger partial charge >= 0.3 is 0 Å². The largest absolute Gasteiger partial charge is 0.303 e. The maximum absolute atomic E-state index is 12.0. The predicted molar refractivity (Wildman–Crippen MR) is 59.3 cm³/mol. The number of hydrogen-bond acceptors (Lipinski definition) is 2. The molecule has 1 rings (SSSR count). The van der Waals surface area contributed by atoms with Gasteiger partial charge in [0.15, 0.2) is 0 Å². The van der Waals surface area contributed by atoms with Crippen LogP contribution in [0, 0.1) is 11.3 Å². The first-order valence-corrected chi connectivity index (χ1v) is 5.78. The van der Waals surface area contributed by atoms with E-state index in [4.69, 9.17) is 0 Å². The Morgan fingerprint density at radius 1 is 1.36 bits per heavy atom. The number of ketones is 1. The monoisotopic (exact) mass is 197 g/mol. The van der Waals surface area contributed by atoms with Crippen molar-refractivity contribution in [1.82, 2.24) is 4.90 Å². The summed E-state index contributed by atoms with van der Waals surface area (Å²) in [7, 11) is 0. The summed E-state index contributed by atoms with van der Waals surface area (Å²) in [5.74, 6) is 0.773. The molecule has 0 aromatic rings. The molecule has 1 saturated carbocycles. The summed E-state index contributed by atoms with van der Waals surface area (Å²) in [6, 6.07) is 0. The maximum atomic E-state index is 12.0. The van der Waals surface area contributed by atoms with Gasteiger partial charge < -0.3 is 4.90 Å². The molecule has 1 atom stereocenters. The quantitative estimate of drug-likeness (QED) is 0.689. The molecule has 1 fully saturated rings. The zero-order valence-electron chi connectivity index (χ0n) is 9.97. The third-order valence-corrected chi connectivity index (χ3v) is 3.53. The second-order valence-electron chi connectivity index (χ2n) is 4.97. The van der Waals surface area contributed by atoms with E-state index in [1.165, 1.54) is 0 Å². The molecule has 0 radical (unpaired) electrons. The van der Waals surface area contributed by atoms with Crippen LogP contribution in [0.25, 0.3) is 0 Å². The Labute approximate surface area is 87.7 Å². The van der Waals surface area contributed by atoms with Gasteiger partial charge in [-0.25, -0.2) is 0 Å². The van der Waals surface area contributed by atoms with Gasteiger partial charge in [-0.1, -0.05) is 27.7 Å². The van der Waals surface area contributed by atoms with E-state index in [0.29, 0.717) is 11.7 Å². The SMILES string of the molecule is CCN(CC)CC1CCC(C)(C)C1=O. The van der Waals surface area contributed by atoms with E-state index in [1.807, 2.05) is 0 Å². The molecular weight excluding hydrogens is 174 g/mol. The molecule has 0 bridgehead atoms. The van der Waals surface area contributed by atoms with Crippen molar-refractivity contribution in [1.29, 1.82) is 0 Å². The number of nitrogens with zero attached hydrogens (tertiary/aromatic N) is 1. The van der Waals surface area contributed by atoms with Gasteiger partial charge in [0.05, 0.1) is 0 Å². The van der Waals surface area contributed by atoms with Crippen molar-refractivity contribution >= 4 is 5.78 Å². The summed E-state index contributed by atoms with van der Waals surface area (Å²) in [5.41, 5.74) is -0.0577. The van der Waals surface area contributed by atoms with Gasteiger partial charge in [0.1, 0.15) is 5.78 Å². The van der Waals surface area contributed by atoms with Gasteiger partial charge in [-0.3, -0.25) is 4.79 Å². The van der Waals surface area contributed by atoms with E-state index < -0.39 is 0 Å². The third kappa shape index (κ3) is 2.35. The van der Waals surface area contributed by atoms with Gasteiger partial charge in [-0.05, 0) is 25.9 Å². The molecular formula is C12H23NO. The number of rotatable bonds is 4. The zero-order valence-corrected chi connectivity index (χ0v) is 9.97. The van der Waals surface area contributed by atoms with Crippen molar-refractivity contribution in [2.24, 2.45) is 11.3 Å². The van der Waals surface area contributed by atoms with Crippen LogP contribution < -0.4 is 0 Å². The van der Waals surface area contributed by atoms with Crippen molar-refractivity contribution in [2.45, 2.75) is 40.5 Å². The first kappa shape index (κ1) is 11.7. The van der Waals surface area contributed by atoms with Gasteiger partial charge in [0.25, 0.3) is 0 Å². The Bertz CT molecular complexity index is 206. The van der Waals surface area contributed by atoms with E-state index in [9.17, 15) is 4.79 Å². The van der Waals surface area contributed by atoms with Gasteiger partial charge in [-0.2, -0.15) is 0 Å². The fourth-order valence-corrected chi connectivity index (χ4v) is 2.31. The number of carbonyl (C=O) groups is 1. The molecule has 0 N–H and O–H groups in total. The van der Waals surface area contributed by atoms with Crippen LogP contribution in [-0.4, -0.2) is 30.3 Å². The minimum absolute atomic E-state index is 0.0577. The fourth-order valence-electron chi connectivity index (χ4n) is 2.31. The van der Waals surface area contributed by atoms with Crippen molar-refractivity contribution in [3.8, 4) is 0 Å². The molecule has 2 nitrogen and oxygen atoms in total. The highest BCUT2D eigenvalue weighted by molar-refractivity contribution is 5.88. The summed E-state index contributed by atoms with van der Waals surface area (Å²) in [6.07, 6.45) is 2.15. The number of hydrogen-bond donors (Lipinski definition) is 0. The second-order valence-corrected chi connectivity index (χ2v) is 4.97. The topological polar surface area (TPSA) is 20.3 Å². The van der Waals surface area contributed by atoms with Crippen molar-refractivity contribution in [2.75, 3.05) is 19.6 Å². The minimum Gasteiger partial charge on any atom is -0.303 e.